The molecule has 2 amide bonds. The van der Waals surface area contributed by atoms with Gasteiger partial charge in [0.2, 0.25) is 0 Å². The number of anilines is 3. The van der Waals surface area contributed by atoms with E-state index in [0.717, 1.165) is 11.3 Å². The Kier molecular flexibility index (Phi) is 4.10. The Labute approximate surface area is 117 Å². The molecule has 0 aromatic heterocycles. The highest BCUT2D eigenvalue weighted by atomic mass is 16.5. The Morgan fingerprint density at radius 2 is 1.80 bits per heavy atom. The summed E-state index contributed by atoms with van der Waals surface area (Å²) in [5.74, 6) is 0.735. The molecule has 0 aliphatic carbocycles. The molecule has 0 unspecified atom stereocenters. The molecule has 0 heterocycles. The van der Waals surface area contributed by atoms with E-state index in [1.807, 2.05) is 19.1 Å². The molecule has 2 aromatic rings. The molecule has 0 atom stereocenters. The summed E-state index contributed by atoms with van der Waals surface area (Å²) in [7, 11) is 1.59. The van der Waals surface area contributed by atoms with Crippen molar-refractivity contribution in [1.82, 2.24) is 0 Å². The Morgan fingerprint density at radius 3 is 2.40 bits per heavy atom. The van der Waals surface area contributed by atoms with Gasteiger partial charge in [0, 0.05) is 5.69 Å². The standard InChI is InChI=1S/C15H17N3O2/c1-10-4-3-5-13(16)14(10)18-15(19)17-11-6-8-12(20-2)9-7-11/h3-9H,16H2,1-2H3,(H2,17,18,19). The molecule has 20 heavy (non-hydrogen) atoms. The third-order valence-electron chi connectivity index (χ3n) is 2.89. The largest absolute Gasteiger partial charge is 0.497 e. The molecule has 2 rings (SSSR count). The Morgan fingerprint density at radius 1 is 1.10 bits per heavy atom. The maximum atomic E-state index is 11.9. The van der Waals surface area contributed by atoms with E-state index >= 15 is 0 Å². The average molecular weight is 271 g/mol. The highest BCUT2D eigenvalue weighted by Gasteiger charge is 2.07. The molecule has 0 aliphatic rings. The topological polar surface area (TPSA) is 76.4 Å². The van der Waals surface area contributed by atoms with E-state index in [-0.39, 0.29) is 6.03 Å². The van der Waals surface area contributed by atoms with Gasteiger partial charge in [-0.1, -0.05) is 12.1 Å². The average Bonchev–Trinajstić information content (AvgIpc) is 2.44. The smallest absolute Gasteiger partial charge is 0.323 e. The van der Waals surface area contributed by atoms with Gasteiger partial charge >= 0.3 is 6.03 Å². The number of para-hydroxylation sites is 1. The molecule has 0 spiro atoms. The Hall–Kier alpha value is -2.69. The van der Waals surface area contributed by atoms with Gasteiger partial charge in [-0.2, -0.15) is 0 Å². The maximum Gasteiger partial charge on any atom is 0.323 e. The molecule has 4 N–H and O–H groups in total. The summed E-state index contributed by atoms with van der Waals surface area (Å²) in [6, 6.07) is 12.2. The molecular weight excluding hydrogens is 254 g/mol. The monoisotopic (exact) mass is 271 g/mol. The number of aryl methyl sites for hydroxylation is 1. The lowest BCUT2D eigenvalue weighted by Gasteiger charge is -2.12. The number of methoxy groups -OCH3 is 1. The number of nitrogen functional groups attached to an aromatic ring is 1. The number of ether oxygens (including phenoxy) is 1. The van der Waals surface area contributed by atoms with Gasteiger partial charge in [-0.25, -0.2) is 4.79 Å². The molecule has 0 fully saturated rings. The van der Waals surface area contributed by atoms with Crippen LogP contribution in [-0.4, -0.2) is 13.1 Å². The molecule has 5 nitrogen and oxygen atoms in total. The molecule has 104 valence electrons. The van der Waals surface area contributed by atoms with Gasteiger partial charge in [-0.15, -0.1) is 0 Å². The Balaban J connectivity index is 2.05. The van der Waals surface area contributed by atoms with Gasteiger partial charge in [-0.3, -0.25) is 0 Å². The van der Waals surface area contributed by atoms with Crippen molar-refractivity contribution < 1.29 is 9.53 Å². The van der Waals surface area contributed by atoms with Crippen LogP contribution in [0.2, 0.25) is 0 Å². The number of amides is 2. The molecule has 0 saturated heterocycles. The number of nitrogens with one attached hydrogen (secondary N) is 2. The third-order valence-corrected chi connectivity index (χ3v) is 2.89. The lowest BCUT2D eigenvalue weighted by Crippen LogP contribution is -2.20. The van der Waals surface area contributed by atoms with Crippen molar-refractivity contribution in [3.05, 3.63) is 48.0 Å². The van der Waals surface area contributed by atoms with Gasteiger partial charge in [-0.05, 0) is 42.8 Å². The Bertz CT molecular complexity index is 589. The van der Waals surface area contributed by atoms with Crippen molar-refractivity contribution in [1.29, 1.82) is 0 Å². The molecule has 0 saturated carbocycles. The zero-order chi connectivity index (χ0) is 14.5. The second-order valence-electron chi connectivity index (χ2n) is 4.35. The fraction of sp³-hybridized carbons (Fsp3) is 0.133. The molecule has 0 radical (unpaired) electrons. The maximum absolute atomic E-state index is 11.9. The van der Waals surface area contributed by atoms with E-state index in [4.69, 9.17) is 10.5 Å². The van der Waals surface area contributed by atoms with Crippen molar-refractivity contribution in [3.63, 3.8) is 0 Å². The van der Waals surface area contributed by atoms with Gasteiger partial charge in [0.25, 0.3) is 0 Å². The van der Waals surface area contributed by atoms with Gasteiger partial charge in [0.05, 0.1) is 18.5 Å². The minimum atomic E-state index is -0.337. The van der Waals surface area contributed by atoms with Crippen LogP contribution in [0, 0.1) is 6.92 Å². The van der Waals surface area contributed by atoms with Crippen LogP contribution < -0.4 is 21.1 Å². The number of hydrogen-bond donors (Lipinski definition) is 3. The zero-order valence-electron chi connectivity index (χ0n) is 11.4. The van der Waals surface area contributed by atoms with Crippen molar-refractivity contribution in [2.24, 2.45) is 0 Å². The first-order chi connectivity index (χ1) is 9.60. The quantitative estimate of drug-likeness (QED) is 0.750. The van der Waals surface area contributed by atoms with Crippen molar-refractivity contribution in [2.75, 3.05) is 23.5 Å². The number of rotatable bonds is 3. The van der Waals surface area contributed by atoms with E-state index < -0.39 is 0 Å². The van der Waals surface area contributed by atoms with E-state index in [2.05, 4.69) is 10.6 Å². The van der Waals surface area contributed by atoms with Crippen molar-refractivity contribution >= 4 is 23.1 Å². The van der Waals surface area contributed by atoms with Crippen molar-refractivity contribution in [3.8, 4) is 5.75 Å². The summed E-state index contributed by atoms with van der Waals surface area (Å²) in [5.41, 5.74) is 8.59. The normalized spacial score (nSPS) is 9.90. The predicted octanol–water partition coefficient (Wildman–Crippen LogP) is 3.23. The third kappa shape index (κ3) is 3.20. The number of urea groups is 1. The minimum Gasteiger partial charge on any atom is -0.497 e. The SMILES string of the molecule is COc1ccc(NC(=O)Nc2c(C)cccc2N)cc1. The fourth-order valence-corrected chi connectivity index (χ4v) is 1.81. The van der Waals surface area contributed by atoms with Crippen LogP contribution in [0.4, 0.5) is 21.9 Å². The molecule has 2 aromatic carbocycles. The summed E-state index contributed by atoms with van der Waals surface area (Å²) in [4.78, 5) is 11.9. The van der Waals surface area contributed by atoms with Gasteiger partial charge in [0.15, 0.2) is 0 Å². The van der Waals surface area contributed by atoms with Crippen LogP contribution in [-0.2, 0) is 0 Å². The summed E-state index contributed by atoms with van der Waals surface area (Å²) in [6.07, 6.45) is 0. The minimum absolute atomic E-state index is 0.337. The number of benzene rings is 2. The van der Waals surface area contributed by atoms with E-state index in [9.17, 15) is 4.79 Å². The first-order valence-electron chi connectivity index (χ1n) is 6.17. The highest BCUT2D eigenvalue weighted by Crippen LogP contribution is 2.23. The molecule has 0 aliphatic heterocycles. The van der Waals surface area contributed by atoms with Crippen molar-refractivity contribution in [2.45, 2.75) is 6.92 Å². The van der Waals surface area contributed by atoms with E-state index in [1.165, 1.54) is 0 Å². The van der Waals surface area contributed by atoms with Crippen LogP contribution in [0.25, 0.3) is 0 Å². The summed E-state index contributed by atoms with van der Waals surface area (Å²) in [6.45, 7) is 1.89. The first kappa shape index (κ1) is 13.7. The lowest BCUT2D eigenvalue weighted by atomic mass is 10.2. The molecule has 5 heteroatoms. The lowest BCUT2D eigenvalue weighted by molar-refractivity contribution is 0.262. The van der Waals surface area contributed by atoms with Gasteiger partial charge < -0.3 is 21.1 Å². The highest BCUT2D eigenvalue weighted by molar-refractivity contribution is 6.02. The zero-order valence-corrected chi connectivity index (χ0v) is 11.4. The summed E-state index contributed by atoms with van der Waals surface area (Å²) >= 11 is 0. The predicted molar refractivity (Wildman–Crippen MR) is 81.2 cm³/mol. The molecule has 0 bridgehead atoms. The second kappa shape index (κ2) is 5.97. The second-order valence-corrected chi connectivity index (χ2v) is 4.35. The van der Waals surface area contributed by atoms with E-state index in [1.54, 1.807) is 37.4 Å². The van der Waals surface area contributed by atoms with Crippen LogP contribution >= 0.6 is 0 Å². The van der Waals surface area contributed by atoms with Gasteiger partial charge in [0.1, 0.15) is 5.75 Å². The first-order valence-corrected chi connectivity index (χ1v) is 6.17. The summed E-state index contributed by atoms with van der Waals surface area (Å²) < 4.78 is 5.06. The van der Waals surface area contributed by atoms with Crippen LogP contribution in [0.3, 0.4) is 0 Å². The number of carbonyl (C=O) groups is 1. The van der Waals surface area contributed by atoms with Crippen LogP contribution in [0.5, 0.6) is 5.75 Å². The number of hydrogen-bond acceptors (Lipinski definition) is 3. The fourth-order valence-electron chi connectivity index (χ4n) is 1.81. The van der Waals surface area contributed by atoms with Crippen LogP contribution in [0.1, 0.15) is 5.56 Å². The molecular formula is C15H17N3O2. The number of carbonyl (C=O) groups excluding carboxylic acids is 1. The summed E-state index contributed by atoms with van der Waals surface area (Å²) in [5, 5.41) is 5.48. The van der Waals surface area contributed by atoms with E-state index in [0.29, 0.717) is 17.1 Å². The van der Waals surface area contributed by atoms with Crippen LogP contribution in [0.15, 0.2) is 42.5 Å². The number of nitrogens with two attached hydrogens (primary N) is 1.